The van der Waals surface area contributed by atoms with E-state index in [0.29, 0.717) is 27.2 Å². The lowest BCUT2D eigenvalue weighted by atomic mass is 10.0. The van der Waals surface area contributed by atoms with Gasteiger partial charge in [0.05, 0.1) is 23.8 Å². The highest BCUT2D eigenvalue weighted by Crippen LogP contribution is 2.28. The molecule has 25 heavy (non-hydrogen) atoms. The van der Waals surface area contributed by atoms with E-state index in [-0.39, 0.29) is 11.7 Å². The summed E-state index contributed by atoms with van der Waals surface area (Å²) in [5, 5.41) is 9.20. The third-order valence-corrected chi connectivity index (χ3v) is 5.23. The molecule has 3 heterocycles. The fraction of sp³-hybridized carbons (Fsp3) is 0.438. The molecule has 1 unspecified atom stereocenters. The van der Waals surface area contributed by atoms with Gasteiger partial charge in [0.1, 0.15) is 9.83 Å². The minimum atomic E-state index is -0.811. The van der Waals surface area contributed by atoms with Gasteiger partial charge in [0.25, 0.3) is 5.56 Å². The molecule has 0 spiro atoms. The predicted octanol–water partition coefficient (Wildman–Crippen LogP) is 1.82. The maximum atomic E-state index is 12.9. The van der Waals surface area contributed by atoms with E-state index in [2.05, 4.69) is 15.2 Å². The summed E-state index contributed by atoms with van der Waals surface area (Å²) in [7, 11) is 0. The molecular formula is C16H19N5O3S. The SMILES string of the molecule is Cc1c(-n2nccn2)sc2[nH]c(=O)n(C(C)C(=O)CC(C)C)c(=O)c12. The predicted molar refractivity (Wildman–Crippen MR) is 95.5 cm³/mol. The number of carbonyl (C=O) groups excluding carboxylic acids is 1. The molecule has 0 aliphatic heterocycles. The minimum Gasteiger partial charge on any atom is -0.298 e. The van der Waals surface area contributed by atoms with Crippen LogP contribution < -0.4 is 11.2 Å². The van der Waals surface area contributed by atoms with Crippen LogP contribution in [0.3, 0.4) is 0 Å². The Hall–Kier alpha value is -2.55. The zero-order valence-corrected chi connectivity index (χ0v) is 15.3. The number of aryl methyl sites for hydroxylation is 1. The Morgan fingerprint density at radius 2 is 1.88 bits per heavy atom. The maximum absolute atomic E-state index is 12.9. The summed E-state index contributed by atoms with van der Waals surface area (Å²) in [5.74, 6) is 0.0256. The highest BCUT2D eigenvalue weighted by atomic mass is 32.1. The first-order valence-electron chi connectivity index (χ1n) is 7.98. The lowest BCUT2D eigenvalue weighted by Gasteiger charge is -2.14. The number of nitrogens with zero attached hydrogens (tertiary/aromatic N) is 4. The van der Waals surface area contributed by atoms with E-state index < -0.39 is 17.3 Å². The Bertz CT molecular complexity index is 1040. The van der Waals surface area contributed by atoms with E-state index in [9.17, 15) is 14.4 Å². The summed E-state index contributed by atoms with van der Waals surface area (Å²) in [6.45, 7) is 7.22. The highest BCUT2D eigenvalue weighted by Gasteiger charge is 2.23. The van der Waals surface area contributed by atoms with Crippen LogP contribution in [0.25, 0.3) is 15.2 Å². The Labute approximate surface area is 147 Å². The van der Waals surface area contributed by atoms with Crippen molar-refractivity contribution in [3.05, 3.63) is 38.8 Å². The van der Waals surface area contributed by atoms with Crippen molar-refractivity contribution in [2.24, 2.45) is 5.92 Å². The molecule has 9 heteroatoms. The van der Waals surface area contributed by atoms with Gasteiger partial charge in [0.2, 0.25) is 0 Å². The summed E-state index contributed by atoms with van der Waals surface area (Å²) in [6, 6.07) is -0.811. The minimum absolute atomic E-state index is 0.135. The van der Waals surface area contributed by atoms with Gasteiger partial charge in [0.15, 0.2) is 5.78 Å². The van der Waals surface area contributed by atoms with Crippen LogP contribution in [-0.2, 0) is 4.79 Å². The molecule has 0 bridgehead atoms. The molecule has 0 aromatic carbocycles. The third kappa shape index (κ3) is 2.95. The number of H-pyrrole nitrogens is 1. The van der Waals surface area contributed by atoms with Crippen LogP contribution in [-0.4, -0.2) is 30.3 Å². The average molecular weight is 361 g/mol. The largest absolute Gasteiger partial charge is 0.330 e. The Kier molecular flexibility index (Phi) is 4.42. The second-order valence-corrected chi connectivity index (χ2v) is 7.40. The lowest BCUT2D eigenvalue weighted by molar-refractivity contribution is -0.122. The molecule has 0 aliphatic carbocycles. The summed E-state index contributed by atoms with van der Waals surface area (Å²) in [4.78, 5) is 42.3. The van der Waals surface area contributed by atoms with Crippen LogP contribution >= 0.6 is 11.3 Å². The number of rotatable bonds is 5. The summed E-state index contributed by atoms with van der Waals surface area (Å²) in [5.41, 5.74) is -0.367. The average Bonchev–Trinajstić information content (AvgIpc) is 3.14. The van der Waals surface area contributed by atoms with Gasteiger partial charge in [-0.2, -0.15) is 10.2 Å². The van der Waals surface area contributed by atoms with Gasteiger partial charge in [-0.25, -0.2) is 9.36 Å². The van der Waals surface area contributed by atoms with Crippen molar-refractivity contribution in [1.29, 1.82) is 0 Å². The standard InChI is InChI=1S/C16H19N5O3S/c1-8(2)7-11(22)10(4)20-14(23)12-9(3)15(21-17-5-6-18-21)25-13(12)19-16(20)24/h5-6,8,10H,7H2,1-4H3,(H,19,24). The smallest absolute Gasteiger partial charge is 0.298 e. The number of nitrogens with one attached hydrogen (secondary N) is 1. The molecule has 0 saturated carbocycles. The number of hydrogen-bond donors (Lipinski definition) is 1. The summed E-state index contributed by atoms with van der Waals surface area (Å²) in [6.07, 6.45) is 3.39. The molecule has 1 atom stereocenters. The molecule has 0 fully saturated rings. The maximum Gasteiger partial charge on any atom is 0.330 e. The van der Waals surface area contributed by atoms with Gasteiger partial charge in [-0.05, 0) is 19.8 Å². The van der Waals surface area contributed by atoms with Gasteiger partial charge >= 0.3 is 5.69 Å². The van der Waals surface area contributed by atoms with Gasteiger partial charge in [0, 0.05) is 12.0 Å². The molecule has 8 nitrogen and oxygen atoms in total. The van der Waals surface area contributed by atoms with Crippen LogP contribution in [0.1, 0.15) is 38.8 Å². The van der Waals surface area contributed by atoms with Crippen LogP contribution in [0.4, 0.5) is 0 Å². The fourth-order valence-electron chi connectivity index (χ4n) is 2.80. The van der Waals surface area contributed by atoms with E-state index in [1.165, 1.54) is 28.5 Å². The first-order chi connectivity index (χ1) is 11.8. The molecule has 3 rings (SSSR count). The fourth-order valence-corrected chi connectivity index (χ4v) is 3.90. The first kappa shape index (κ1) is 17.3. The van der Waals surface area contributed by atoms with Gasteiger partial charge in [-0.1, -0.05) is 25.2 Å². The molecule has 0 aliphatic rings. The van der Waals surface area contributed by atoms with Crippen LogP contribution in [0.15, 0.2) is 22.0 Å². The van der Waals surface area contributed by atoms with Crippen molar-refractivity contribution in [2.75, 3.05) is 0 Å². The number of aromatic amines is 1. The number of thiophene rings is 1. The zero-order valence-electron chi connectivity index (χ0n) is 14.4. The van der Waals surface area contributed by atoms with E-state index in [1.54, 1.807) is 13.8 Å². The molecule has 0 radical (unpaired) electrons. The zero-order chi connectivity index (χ0) is 18.3. The van der Waals surface area contributed by atoms with Crippen LogP contribution in [0.2, 0.25) is 0 Å². The Morgan fingerprint density at radius 3 is 2.48 bits per heavy atom. The summed E-state index contributed by atoms with van der Waals surface area (Å²) < 4.78 is 1.01. The van der Waals surface area contributed by atoms with Crippen LogP contribution in [0.5, 0.6) is 0 Å². The van der Waals surface area contributed by atoms with Gasteiger partial charge in [-0.3, -0.25) is 14.6 Å². The molecule has 0 saturated heterocycles. The Morgan fingerprint density at radius 1 is 1.24 bits per heavy atom. The normalized spacial score (nSPS) is 12.8. The third-order valence-electron chi connectivity index (χ3n) is 4.06. The first-order valence-corrected chi connectivity index (χ1v) is 8.80. The molecule has 132 valence electrons. The molecular weight excluding hydrogens is 342 g/mol. The second-order valence-electron chi connectivity index (χ2n) is 6.40. The number of carbonyl (C=O) groups is 1. The van der Waals surface area contributed by atoms with Gasteiger partial charge in [-0.15, -0.1) is 4.80 Å². The number of Topliss-reactive ketones (excluding diaryl/α,β-unsaturated/α-hetero) is 1. The van der Waals surface area contributed by atoms with Crippen molar-refractivity contribution in [1.82, 2.24) is 24.5 Å². The Balaban J connectivity index is 2.19. The molecule has 3 aromatic heterocycles. The van der Waals surface area contributed by atoms with E-state index in [1.807, 2.05) is 13.8 Å². The van der Waals surface area contributed by atoms with Crippen LogP contribution in [0, 0.1) is 12.8 Å². The quantitative estimate of drug-likeness (QED) is 0.747. The van der Waals surface area contributed by atoms with Crippen molar-refractivity contribution >= 4 is 27.3 Å². The van der Waals surface area contributed by atoms with Crippen molar-refractivity contribution in [3.63, 3.8) is 0 Å². The lowest BCUT2D eigenvalue weighted by Crippen LogP contribution is -2.40. The van der Waals surface area contributed by atoms with E-state index in [4.69, 9.17) is 0 Å². The summed E-state index contributed by atoms with van der Waals surface area (Å²) >= 11 is 1.23. The molecule has 0 amide bonds. The number of hydrogen-bond acceptors (Lipinski definition) is 6. The van der Waals surface area contributed by atoms with E-state index >= 15 is 0 Å². The number of fused-ring (bicyclic) bond motifs is 1. The topological polar surface area (TPSA) is 103 Å². The second kappa shape index (κ2) is 6.40. The highest BCUT2D eigenvalue weighted by molar-refractivity contribution is 7.21. The number of ketones is 1. The van der Waals surface area contributed by atoms with Gasteiger partial charge < -0.3 is 0 Å². The van der Waals surface area contributed by atoms with Crippen molar-refractivity contribution in [3.8, 4) is 5.00 Å². The van der Waals surface area contributed by atoms with E-state index in [0.717, 1.165) is 4.57 Å². The number of aromatic nitrogens is 5. The van der Waals surface area contributed by atoms with Crippen molar-refractivity contribution < 1.29 is 4.79 Å². The monoisotopic (exact) mass is 361 g/mol. The molecule has 1 N–H and O–H groups in total. The van der Waals surface area contributed by atoms with Crippen molar-refractivity contribution in [2.45, 2.75) is 40.2 Å². The molecule has 3 aromatic rings.